The van der Waals surface area contributed by atoms with Crippen LogP contribution in [0.3, 0.4) is 0 Å². The van der Waals surface area contributed by atoms with Crippen LogP contribution in [0.25, 0.3) is 11.0 Å². The number of rotatable bonds is 3. The van der Waals surface area contributed by atoms with Crippen molar-refractivity contribution in [3.05, 3.63) is 29.8 Å². The Kier molecular flexibility index (Phi) is 3.65. The van der Waals surface area contributed by atoms with Crippen LogP contribution < -0.4 is 11.2 Å². The number of nitrogens with two attached hydrogens (primary N) is 1. The van der Waals surface area contributed by atoms with E-state index in [1.54, 1.807) is 6.21 Å². The van der Waals surface area contributed by atoms with E-state index in [0.29, 0.717) is 0 Å². The number of fused-ring (bicyclic) bond motifs is 1. The molecule has 17 heavy (non-hydrogen) atoms. The fraction of sp³-hybridized carbons (Fsp3) is 0.0909. The first-order valence-electron chi connectivity index (χ1n) is 4.86. The van der Waals surface area contributed by atoms with E-state index < -0.39 is 0 Å². The number of nitrogens with zero attached hydrogens (tertiary/aromatic N) is 1. The van der Waals surface area contributed by atoms with Gasteiger partial charge in [-0.1, -0.05) is 30.0 Å². The van der Waals surface area contributed by atoms with Gasteiger partial charge in [0, 0.05) is 5.39 Å². The molecule has 0 aliphatic carbocycles. The van der Waals surface area contributed by atoms with E-state index in [1.807, 2.05) is 30.5 Å². The molecule has 3 N–H and O–H groups in total. The molecule has 0 bridgehead atoms. The molecule has 1 aromatic carbocycles. The highest BCUT2D eigenvalue weighted by Crippen LogP contribution is 2.30. The second-order valence-corrected chi connectivity index (χ2v) is 4.46. The molecule has 0 saturated heterocycles. The summed E-state index contributed by atoms with van der Waals surface area (Å²) < 4.78 is 5.69. The molecule has 2 rings (SSSR count). The molecule has 0 unspecified atom stereocenters. The van der Waals surface area contributed by atoms with Gasteiger partial charge in [-0.15, -0.1) is 0 Å². The number of furan rings is 1. The predicted octanol–water partition coefficient (Wildman–Crippen LogP) is 2.32. The number of thioether (sulfide) groups is 1. The van der Waals surface area contributed by atoms with Crippen LogP contribution in [0, 0.1) is 0 Å². The third-order valence-corrected chi connectivity index (χ3v) is 2.92. The summed E-state index contributed by atoms with van der Waals surface area (Å²) in [5, 5.41) is 5.93. The highest BCUT2D eigenvalue weighted by Gasteiger charge is 2.10. The Morgan fingerprint density at radius 2 is 2.29 bits per heavy atom. The lowest BCUT2D eigenvalue weighted by molar-refractivity contribution is 0.514. The van der Waals surface area contributed by atoms with Gasteiger partial charge in [0.15, 0.2) is 10.2 Å². The van der Waals surface area contributed by atoms with Gasteiger partial charge in [-0.25, -0.2) is 0 Å². The van der Waals surface area contributed by atoms with Crippen LogP contribution in [0.5, 0.6) is 0 Å². The summed E-state index contributed by atoms with van der Waals surface area (Å²) in [5.41, 5.74) is 9.59. The third-order valence-electron chi connectivity index (χ3n) is 2.15. The predicted molar refractivity (Wildman–Crippen MR) is 75.5 cm³/mol. The zero-order valence-corrected chi connectivity index (χ0v) is 10.8. The van der Waals surface area contributed by atoms with Gasteiger partial charge in [0.2, 0.25) is 0 Å². The first kappa shape index (κ1) is 11.9. The number of para-hydroxylation sites is 1. The van der Waals surface area contributed by atoms with Gasteiger partial charge in [0.1, 0.15) is 5.58 Å². The number of hydrogen-bond donors (Lipinski definition) is 2. The smallest absolute Gasteiger partial charge is 0.184 e. The van der Waals surface area contributed by atoms with Crippen LogP contribution in [0.4, 0.5) is 0 Å². The molecule has 2 aromatic rings. The minimum atomic E-state index is 0.139. The average Bonchev–Trinajstić information content (AvgIpc) is 2.67. The molecule has 0 fully saturated rings. The summed E-state index contributed by atoms with van der Waals surface area (Å²) in [6.45, 7) is 0. The number of hydrogen-bond acceptors (Lipinski definition) is 4. The molecule has 88 valence electrons. The third kappa shape index (κ3) is 2.59. The first-order valence-corrected chi connectivity index (χ1v) is 6.49. The number of hydrazone groups is 1. The van der Waals surface area contributed by atoms with Crippen molar-refractivity contribution >= 4 is 46.3 Å². The summed E-state index contributed by atoms with van der Waals surface area (Å²) in [5.74, 6) is 0. The van der Waals surface area contributed by atoms with Gasteiger partial charge in [0.05, 0.1) is 11.8 Å². The quantitative estimate of drug-likeness (QED) is 0.386. The SMILES string of the molecule is CSc1oc2ccccc2c1/C=N\NC(N)=S. The molecule has 0 aliphatic heterocycles. The lowest BCUT2D eigenvalue weighted by Crippen LogP contribution is -2.24. The number of thiocarbonyl (C=S) groups is 1. The molecule has 1 heterocycles. The Morgan fingerprint density at radius 3 is 3.00 bits per heavy atom. The van der Waals surface area contributed by atoms with Crippen molar-refractivity contribution in [1.29, 1.82) is 0 Å². The van der Waals surface area contributed by atoms with Crippen molar-refractivity contribution in [1.82, 2.24) is 5.43 Å². The minimum absolute atomic E-state index is 0.139. The molecule has 0 radical (unpaired) electrons. The maximum absolute atomic E-state index is 5.69. The summed E-state index contributed by atoms with van der Waals surface area (Å²) in [7, 11) is 0. The van der Waals surface area contributed by atoms with Crippen molar-refractivity contribution in [2.24, 2.45) is 10.8 Å². The second kappa shape index (κ2) is 5.20. The maximum atomic E-state index is 5.69. The highest BCUT2D eigenvalue weighted by atomic mass is 32.2. The summed E-state index contributed by atoms with van der Waals surface area (Å²) in [4.78, 5) is 0. The van der Waals surface area contributed by atoms with Crippen LogP contribution in [-0.2, 0) is 0 Å². The largest absolute Gasteiger partial charge is 0.449 e. The van der Waals surface area contributed by atoms with Crippen LogP contribution in [0.2, 0.25) is 0 Å². The molecule has 1 aromatic heterocycles. The van der Waals surface area contributed by atoms with E-state index >= 15 is 0 Å². The number of benzene rings is 1. The van der Waals surface area contributed by atoms with Crippen molar-refractivity contribution < 1.29 is 4.42 Å². The van der Waals surface area contributed by atoms with E-state index in [2.05, 4.69) is 22.7 Å². The first-order chi connectivity index (χ1) is 8.22. The Hall–Kier alpha value is -1.53. The Balaban J connectivity index is 2.43. The van der Waals surface area contributed by atoms with E-state index in [-0.39, 0.29) is 5.11 Å². The highest BCUT2D eigenvalue weighted by molar-refractivity contribution is 7.98. The molecular formula is C11H11N3OS2. The van der Waals surface area contributed by atoms with Crippen molar-refractivity contribution in [2.75, 3.05) is 6.26 Å². The van der Waals surface area contributed by atoms with Crippen LogP contribution >= 0.6 is 24.0 Å². The van der Waals surface area contributed by atoms with Gasteiger partial charge in [0.25, 0.3) is 0 Å². The van der Waals surface area contributed by atoms with Crippen LogP contribution in [-0.4, -0.2) is 17.6 Å². The van der Waals surface area contributed by atoms with Gasteiger partial charge in [-0.3, -0.25) is 5.43 Å². The molecular weight excluding hydrogens is 254 g/mol. The van der Waals surface area contributed by atoms with Crippen molar-refractivity contribution in [3.8, 4) is 0 Å². The fourth-order valence-corrected chi connectivity index (χ4v) is 2.09. The van der Waals surface area contributed by atoms with Crippen LogP contribution in [0.1, 0.15) is 5.56 Å². The Labute approximate surface area is 108 Å². The zero-order chi connectivity index (χ0) is 12.3. The molecule has 0 saturated carbocycles. The fourth-order valence-electron chi connectivity index (χ4n) is 1.48. The maximum Gasteiger partial charge on any atom is 0.184 e. The minimum Gasteiger partial charge on any atom is -0.449 e. The summed E-state index contributed by atoms with van der Waals surface area (Å²) in [6.07, 6.45) is 3.62. The standard InChI is InChI=1S/C11H11N3OS2/c1-17-10-8(6-13-14-11(12)16)7-4-2-3-5-9(7)15-10/h2-6H,1H3,(H3,12,14,16)/b13-6-. The topological polar surface area (TPSA) is 63.5 Å². The lowest BCUT2D eigenvalue weighted by Gasteiger charge is -1.95. The van der Waals surface area contributed by atoms with Gasteiger partial charge >= 0.3 is 0 Å². The number of nitrogens with one attached hydrogen (secondary N) is 1. The van der Waals surface area contributed by atoms with Gasteiger partial charge < -0.3 is 10.2 Å². The van der Waals surface area contributed by atoms with Gasteiger partial charge in [-0.2, -0.15) is 5.10 Å². The molecule has 0 spiro atoms. The summed E-state index contributed by atoms with van der Waals surface area (Å²) >= 11 is 6.20. The van der Waals surface area contributed by atoms with E-state index in [0.717, 1.165) is 21.6 Å². The summed E-state index contributed by atoms with van der Waals surface area (Å²) in [6, 6.07) is 7.80. The second-order valence-electron chi connectivity index (χ2n) is 3.24. The Morgan fingerprint density at radius 1 is 1.53 bits per heavy atom. The normalized spacial score (nSPS) is 11.1. The molecule has 0 amide bonds. The van der Waals surface area contributed by atoms with Crippen LogP contribution in [0.15, 0.2) is 38.9 Å². The lowest BCUT2D eigenvalue weighted by atomic mass is 10.2. The van der Waals surface area contributed by atoms with Crippen molar-refractivity contribution in [3.63, 3.8) is 0 Å². The van der Waals surface area contributed by atoms with E-state index in [4.69, 9.17) is 10.2 Å². The molecule has 0 atom stereocenters. The van der Waals surface area contributed by atoms with Crippen molar-refractivity contribution in [2.45, 2.75) is 5.09 Å². The van der Waals surface area contributed by atoms with Gasteiger partial charge in [-0.05, 0) is 24.5 Å². The Bertz CT molecular complexity index is 577. The average molecular weight is 265 g/mol. The van der Waals surface area contributed by atoms with E-state index in [9.17, 15) is 0 Å². The molecule has 0 aliphatic rings. The molecule has 4 nitrogen and oxygen atoms in total. The van der Waals surface area contributed by atoms with E-state index in [1.165, 1.54) is 11.8 Å². The zero-order valence-electron chi connectivity index (χ0n) is 9.14. The monoisotopic (exact) mass is 265 g/mol. The molecule has 6 heteroatoms.